The second-order valence-corrected chi connectivity index (χ2v) is 8.78. The first-order chi connectivity index (χ1) is 14.7. The molecule has 0 aliphatic rings. The van der Waals surface area contributed by atoms with E-state index in [4.69, 9.17) is 9.47 Å². The molecule has 0 aliphatic carbocycles. The normalized spacial score (nSPS) is 11.1. The number of anilines is 2. The number of nitrogens with zero attached hydrogens (tertiary/aromatic N) is 3. The van der Waals surface area contributed by atoms with E-state index in [0.717, 1.165) is 9.87 Å². The van der Waals surface area contributed by atoms with Crippen molar-refractivity contribution in [2.45, 2.75) is 11.8 Å². The summed E-state index contributed by atoms with van der Waals surface area (Å²) in [5.74, 6) is 0.595. The van der Waals surface area contributed by atoms with Gasteiger partial charge in [-0.2, -0.15) is 5.10 Å². The number of aromatic nitrogens is 2. The predicted octanol–water partition coefficient (Wildman–Crippen LogP) is 2.82. The Labute approximate surface area is 181 Å². The molecule has 0 spiro atoms. The Morgan fingerprint density at radius 2 is 1.71 bits per heavy atom. The van der Waals surface area contributed by atoms with Crippen LogP contribution in [0.1, 0.15) is 15.9 Å². The molecule has 0 saturated heterocycles. The van der Waals surface area contributed by atoms with Gasteiger partial charge in [0.05, 0.1) is 25.3 Å². The highest BCUT2D eigenvalue weighted by Gasteiger charge is 2.28. The first kappa shape index (κ1) is 22.2. The van der Waals surface area contributed by atoms with E-state index in [1.165, 1.54) is 44.3 Å². The number of amides is 1. The molecule has 3 rings (SSSR count). The van der Waals surface area contributed by atoms with Gasteiger partial charge in [-0.1, -0.05) is 17.7 Å². The smallest absolute Gasteiger partial charge is 0.265 e. The zero-order valence-electron chi connectivity index (χ0n) is 17.9. The summed E-state index contributed by atoms with van der Waals surface area (Å²) < 4.78 is 39.0. The highest BCUT2D eigenvalue weighted by Crippen LogP contribution is 2.31. The molecule has 0 radical (unpaired) electrons. The third kappa shape index (κ3) is 4.33. The standard InChI is InChI=1S/C21H24N4O5S/c1-14-6-9-16(10-7-14)31(27,28)25(3)21-17(13-22-24(21)2)20(26)23-15-8-11-18(29-4)19(12-15)30-5/h6-13H,1-5H3,(H,23,26). The molecule has 0 fully saturated rings. The van der Waals surface area contributed by atoms with Crippen LogP contribution in [-0.2, 0) is 17.1 Å². The van der Waals surface area contributed by atoms with Gasteiger partial charge in [0.1, 0.15) is 5.56 Å². The lowest BCUT2D eigenvalue weighted by molar-refractivity contribution is 0.102. The summed E-state index contributed by atoms with van der Waals surface area (Å²) in [5.41, 5.74) is 1.51. The van der Waals surface area contributed by atoms with E-state index in [1.54, 1.807) is 37.4 Å². The van der Waals surface area contributed by atoms with Crippen molar-refractivity contribution >= 4 is 27.4 Å². The highest BCUT2D eigenvalue weighted by atomic mass is 32.2. The summed E-state index contributed by atoms with van der Waals surface area (Å²) in [6.07, 6.45) is 1.33. The van der Waals surface area contributed by atoms with E-state index in [2.05, 4.69) is 10.4 Å². The van der Waals surface area contributed by atoms with Crippen molar-refractivity contribution < 1.29 is 22.7 Å². The van der Waals surface area contributed by atoms with E-state index in [9.17, 15) is 13.2 Å². The van der Waals surface area contributed by atoms with Gasteiger partial charge in [-0.05, 0) is 31.2 Å². The molecular weight excluding hydrogens is 420 g/mol. The summed E-state index contributed by atoms with van der Waals surface area (Å²) >= 11 is 0. The van der Waals surface area contributed by atoms with Crippen LogP contribution in [0.25, 0.3) is 0 Å². The van der Waals surface area contributed by atoms with E-state index in [0.29, 0.717) is 17.2 Å². The minimum Gasteiger partial charge on any atom is -0.493 e. The van der Waals surface area contributed by atoms with E-state index in [1.807, 2.05) is 6.92 Å². The molecule has 0 unspecified atom stereocenters. The lowest BCUT2D eigenvalue weighted by Gasteiger charge is -2.21. The second kappa shape index (κ2) is 8.68. The number of benzene rings is 2. The lowest BCUT2D eigenvalue weighted by Crippen LogP contribution is -2.30. The van der Waals surface area contributed by atoms with Gasteiger partial charge in [-0.3, -0.25) is 13.8 Å². The van der Waals surface area contributed by atoms with Crippen molar-refractivity contribution in [1.29, 1.82) is 0 Å². The van der Waals surface area contributed by atoms with Crippen LogP contribution >= 0.6 is 0 Å². The molecule has 0 aliphatic heterocycles. The Bertz CT molecular complexity index is 1200. The molecule has 31 heavy (non-hydrogen) atoms. The number of hydrogen-bond donors (Lipinski definition) is 1. The Kier molecular flexibility index (Phi) is 6.21. The largest absolute Gasteiger partial charge is 0.493 e. The molecule has 0 saturated carbocycles. The van der Waals surface area contributed by atoms with Crippen molar-refractivity contribution in [3.63, 3.8) is 0 Å². The minimum atomic E-state index is -3.89. The van der Waals surface area contributed by atoms with Crippen molar-refractivity contribution in [2.24, 2.45) is 7.05 Å². The molecule has 164 valence electrons. The second-order valence-electron chi connectivity index (χ2n) is 6.81. The fraction of sp³-hybridized carbons (Fsp3) is 0.238. The number of nitrogens with one attached hydrogen (secondary N) is 1. The molecule has 10 heteroatoms. The zero-order chi connectivity index (χ0) is 22.8. The van der Waals surface area contributed by atoms with Crippen molar-refractivity contribution in [3.8, 4) is 11.5 Å². The maximum atomic E-state index is 13.1. The van der Waals surface area contributed by atoms with Crippen LogP contribution in [0, 0.1) is 6.92 Å². The number of carbonyl (C=O) groups is 1. The summed E-state index contributed by atoms with van der Waals surface area (Å²) in [4.78, 5) is 13.1. The van der Waals surface area contributed by atoms with Crippen molar-refractivity contribution in [3.05, 3.63) is 59.8 Å². The van der Waals surface area contributed by atoms with Crippen LogP contribution in [0.5, 0.6) is 11.5 Å². The lowest BCUT2D eigenvalue weighted by atomic mass is 10.2. The van der Waals surface area contributed by atoms with Crippen LogP contribution in [0.4, 0.5) is 11.5 Å². The SMILES string of the molecule is COc1ccc(NC(=O)c2cnn(C)c2N(C)S(=O)(=O)c2ccc(C)cc2)cc1OC. The van der Waals surface area contributed by atoms with E-state index < -0.39 is 15.9 Å². The molecule has 0 bridgehead atoms. The topological polar surface area (TPSA) is 103 Å². The van der Waals surface area contributed by atoms with Crippen LogP contribution in [-0.4, -0.2) is 45.4 Å². The molecule has 1 N–H and O–H groups in total. The van der Waals surface area contributed by atoms with Gasteiger partial charge < -0.3 is 14.8 Å². The number of ether oxygens (including phenoxy) is 2. The minimum absolute atomic E-state index is 0.107. The number of carbonyl (C=O) groups excluding carboxylic acids is 1. The van der Waals surface area contributed by atoms with Gasteiger partial charge in [-0.15, -0.1) is 0 Å². The van der Waals surface area contributed by atoms with Crippen LogP contribution in [0.3, 0.4) is 0 Å². The van der Waals surface area contributed by atoms with Gasteiger partial charge in [-0.25, -0.2) is 8.42 Å². The molecular formula is C21H24N4O5S. The quantitative estimate of drug-likeness (QED) is 0.601. The van der Waals surface area contributed by atoms with Gasteiger partial charge in [0.2, 0.25) is 0 Å². The number of rotatable bonds is 7. The third-order valence-corrected chi connectivity index (χ3v) is 6.53. The average molecular weight is 445 g/mol. The molecule has 2 aromatic carbocycles. The van der Waals surface area contributed by atoms with Gasteiger partial charge in [0.15, 0.2) is 17.3 Å². The summed E-state index contributed by atoms with van der Waals surface area (Å²) in [6, 6.07) is 11.4. The first-order valence-corrected chi connectivity index (χ1v) is 10.7. The third-order valence-electron chi connectivity index (χ3n) is 4.77. The Balaban J connectivity index is 1.93. The Morgan fingerprint density at radius 1 is 1.06 bits per heavy atom. The Hall–Kier alpha value is -3.53. The van der Waals surface area contributed by atoms with Gasteiger partial charge in [0, 0.05) is 25.8 Å². The Morgan fingerprint density at radius 3 is 2.32 bits per heavy atom. The van der Waals surface area contributed by atoms with Gasteiger partial charge >= 0.3 is 0 Å². The molecule has 1 aromatic heterocycles. The van der Waals surface area contributed by atoms with Gasteiger partial charge in [0.25, 0.3) is 15.9 Å². The molecule has 1 heterocycles. The van der Waals surface area contributed by atoms with E-state index >= 15 is 0 Å². The molecule has 3 aromatic rings. The number of aryl methyl sites for hydroxylation is 2. The zero-order valence-corrected chi connectivity index (χ0v) is 18.7. The number of hydrogen-bond acceptors (Lipinski definition) is 6. The van der Waals surface area contributed by atoms with Crippen LogP contribution in [0.2, 0.25) is 0 Å². The number of sulfonamides is 1. The summed E-state index contributed by atoms with van der Waals surface area (Å²) in [7, 11) is 2.08. The van der Waals surface area contributed by atoms with Crippen molar-refractivity contribution in [1.82, 2.24) is 9.78 Å². The average Bonchev–Trinajstić information content (AvgIpc) is 3.14. The monoisotopic (exact) mass is 444 g/mol. The summed E-state index contributed by atoms with van der Waals surface area (Å²) in [5, 5.41) is 6.83. The first-order valence-electron chi connectivity index (χ1n) is 9.30. The predicted molar refractivity (Wildman–Crippen MR) is 117 cm³/mol. The summed E-state index contributed by atoms with van der Waals surface area (Å²) in [6.45, 7) is 1.87. The fourth-order valence-electron chi connectivity index (χ4n) is 3.06. The fourth-order valence-corrected chi connectivity index (χ4v) is 4.30. The maximum absolute atomic E-state index is 13.1. The van der Waals surface area contributed by atoms with Crippen LogP contribution in [0.15, 0.2) is 53.6 Å². The van der Waals surface area contributed by atoms with Crippen LogP contribution < -0.4 is 19.1 Å². The van der Waals surface area contributed by atoms with E-state index in [-0.39, 0.29) is 16.3 Å². The maximum Gasteiger partial charge on any atom is 0.265 e. The number of methoxy groups -OCH3 is 2. The molecule has 1 amide bonds. The highest BCUT2D eigenvalue weighted by molar-refractivity contribution is 7.92. The van der Waals surface area contributed by atoms with Crippen molar-refractivity contribution in [2.75, 3.05) is 30.9 Å². The molecule has 9 nitrogen and oxygen atoms in total. The molecule has 0 atom stereocenters.